The van der Waals surface area contributed by atoms with Gasteiger partial charge in [0.05, 0.1) is 0 Å². The average Bonchev–Trinajstić information content (AvgIpc) is 2.92. The summed E-state index contributed by atoms with van der Waals surface area (Å²) in [6.45, 7) is 2.32. The Hall–Kier alpha value is -0.340. The van der Waals surface area contributed by atoms with Crippen molar-refractivity contribution in [3.63, 3.8) is 0 Å². The second kappa shape index (κ2) is 5.75. The number of thiophene rings is 1. The van der Waals surface area contributed by atoms with Gasteiger partial charge in [-0.15, -0.1) is 11.3 Å². The van der Waals surface area contributed by atoms with Crippen molar-refractivity contribution >= 4 is 11.3 Å². The molecule has 3 rings (SSSR count). The van der Waals surface area contributed by atoms with Gasteiger partial charge in [-0.25, -0.2) is 0 Å². The van der Waals surface area contributed by atoms with Crippen LogP contribution in [-0.4, -0.2) is 6.04 Å². The molecule has 3 unspecified atom stereocenters. The van der Waals surface area contributed by atoms with Crippen LogP contribution in [-0.2, 0) is 0 Å². The van der Waals surface area contributed by atoms with E-state index in [2.05, 4.69) is 29.8 Å². The molecule has 0 saturated heterocycles. The zero-order chi connectivity index (χ0) is 12.4. The lowest BCUT2D eigenvalue weighted by Gasteiger charge is -2.40. The standard InChI is InChI=1S/C16H25NS/c1-12(16-7-4-10-18-16)17-15-9-8-13-5-2-3-6-14(13)11-15/h4,7,10,12-15,17H,2-3,5-6,8-9,11H2,1H3/t12-,13?,14?,15?/m0/s1. The van der Waals surface area contributed by atoms with Crippen molar-refractivity contribution < 1.29 is 0 Å². The van der Waals surface area contributed by atoms with Gasteiger partial charge in [-0.05, 0) is 49.5 Å². The van der Waals surface area contributed by atoms with Crippen molar-refractivity contribution in [3.05, 3.63) is 22.4 Å². The van der Waals surface area contributed by atoms with E-state index in [9.17, 15) is 0 Å². The van der Waals surface area contributed by atoms with Crippen LogP contribution in [0.15, 0.2) is 17.5 Å². The molecule has 1 aromatic heterocycles. The maximum atomic E-state index is 3.86. The van der Waals surface area contributed by atoms with Gasteiger partial charge in [-0.3, -0.25) is 0 Å². The van der Waals surface area contributed by atoms with Gasteiger partial charge in [-0.2, -0.15) is 0 Å². The van der Waals surface area contributed by atoms with Crippen molar-refractivity contribution in [3.8, 4) is 0 Å². The molecule has 1 heterocycles. The summed E-state index contributed by atoms with van der Waals surface area (Å²) < 4.78 is 0. The minimum atomic E-state index is 0.537. The summed E-state index contributed by atoms with van der Waals surface area (Å²) in [5.74, 6) is 2.09. The van der Waals surface area contributed by atoms with Crippen LogP contribution in [0.3, 0.4) is 0 Å². The first kappa shape index (κ1) is 12.7. The van der Waals surface area contributed by atoms with Crippen LogP contribution in [0.5, 0.6) is 0 Å². The lowest BCUT2D eigenvalue weighted by atomic mass is 9.69. The van der Waals surface area contributed by atoms with Crippen LogP contribution in [0.25, 0.3) is 0 Å². The number of fused-ring (bicyclic) bond motifs is 1. The van der Waals surface area contributed by atoms with Crippen LogP contribution in [0.4, 0.5) is 0 Å². The van der Waals surface area contributed by atoms with Gasteiger partial charge in [0.1, 0.15) is 0 Å². The first-order valence-electron chi connectivity index (χ1n) is 7.62. The normalized spacial score (nSPS) is 33.9. The van der Waals surface area contributed by atoms with E-state index in [1.807, 2.05) is 11.3 Å². The first-order chi connectivity index (χ1) is 8.83. The molecule has 0 amide bonds. The third-order valence-corrected chi connectivity index (χ3v) is 6.05. The Morgan fingerprint density at radius 1 is 1.17 bits per heavy atom. The second-order valence-corrected chi connectivity index (χ2v) is 7.20. The number of rotatable bonds is 3. The van der Waals surface area contributed by atoms with Gasteiger partial charge in [0.25, 0.3) is 0 Å². The predicted octanol–water partition coefficient (Wildman–Crippen LogP) is 4.76. The van der Waals surface area contributed by atoms with Crippen LogP contribution in [0.1, 0.15) is 62.8 Å². The Labute approximate surface area is 115 Å². The molecule has 0 radical (unpaired) electrons. The lowest BCUT2D eigenvalue weighted by Crippen LogP contribution is -2.39. The number of hydrogen-bond donors (Lipinski definition) is 1. The molecule has 1 nitrogen and oxygen atoms in total. The highest BCUT2D eigenvalue weighted by Crippen LogP contribution is 2.40. The summed E-state index contributed by atoms with van der Waals surface area (Å²) in [5, 5.41) is 6.05. The Morgan fingerprint density at radius 2 is 2.00 bits per heavy atom. The van der Waals surface area contributed by atoms with E-state index >= 15 is 0 Å². The van der Waals surface area contributed by atoms with Crippen molar-refractivity contribution in [1.29, 1.82) is 0 Å². The minimum Gasteiger partial charge on any atom is -0.307 e. The van der Waals surface area contributed by atoms with E-state index in [1.165, 1.54) is 49.8 Å². The van der Waals surface area contributed by atoms with Gasteiger partial charge < -0.3 is 5.32 Å². The number of nitrogens with one attached hydrogen (secondary N) is 1. The van der Waals surface area contributed by atoms with Gasteiger partial charge in [0.15, 0.2) is 0 Å². The largest absolute Gasteiger partial charge is 0.307 e. The molecule has 2 aliphatic carbocycles. The van der Waals surface area contributed by atoms with Crippen LogP contribution in [0, 0.1) is 11.8 Å². The molecule has 1 N–H and O–H groups in total. The fraction of sp³-hybridized carbons (Fsp3) is 0.750. The highest BCUT2D eigenvalue weighted by atomic mass is 32.1. The maximum Gasteiger partial charge on any atom is 0.0388 e. The van der Waals surface area contributed by atoms with Crippen molar-refractivity contribution in [2.24, 2.45) is 11.8 Å². The molecule has 18 heavy (non-hydrogen) atoms. The quantitative estimate of drug-likeness (QED) is 0.829. The molecule has 2 fully saturated rings. The van der Waals surface area contributed by atoms with Gasteiger partial charge >= 0.3 is 0 Å². The SMILES string of the molecule is C[C@H](NC1CCC2CCCCC2C1)c1cccs1. The molecule has 1 aromatic rings. The van der Waals surface area contributed by atoms with Crippen LogP contribution in [0.2, 0.25) is 0 Å². The molecule has 2 saturated carbocycles. The fourth-order valence-electron chi connectivity index (χ4n) is 4.00. The lowest BCUT2D eigenvalue weighted by molar-refractivity contribution is 0.139. The Bertz CT molecular complexity index is 359. The molecule has 0 spiro atoms. The molecule has 2 aliphatic rings. The van der Waals surface area contributed by atoms with Crippen molar-refractivity contribution in [2.45, 2.75) is 64.0 Å². The summed E-state index contributed by atoms with van der Waals surface area (Å²) in [4.78, 5) is 1.49. The Morgan fingerprint density at radius 3 is 2.78 bits per heavy atom. The van der Waals surface area contributed by atoms with Crippen molar-refractivity contribution in [2.75, 3.05) is 0 Å². The van der Waals surface area contributed by atoms with E-state index in [4.69, 9.17) is 0 Å². The molecular formula is C16H25NS. The van der Waals surface area contributed by atoms with E-state index in [0.29, 0.717) is 6.04 Å². The minimum absolute atomic E-state index is 0.537. The maximum absolute atomic E-state index is 3.86. The van der Waals surface area contributed by atoms with E-state index in [0.717, 1.165) is 17.9 Å². The Balaban J connectivity index is 1.54. The molecule has 0 aromatic carbocycles. The topological polar surface area (TPSA) is 12.0 Å². The third-order valence-electron chi connectivity index (χ3n) is 5.00. The van der Waals surface area contributed by atoms with Crippen LogP contribution >= 0.6 is 11.3 Å². The number of hydrogen-bond acceptors (Lipinski definition) is 2. The zero-order valence-electron chi connectivity index (χ0n) is 11.4. The average molecular weight is 263 g/mol. The summed E-state index contributed by atoms with van der Waals surface area (Å²) in [6.07, 6.45) is 10.3. The summed E-state index contributed by atoms with van der Waals surface area (Å²) >= 11 is 1.88. The monoisotopic (exact) mass is 263 g/mol. The fourth-order valence-corrected chi connectivity index (χ4v) is 4.74. The van der Waals surface area contributed by atoms with Crippen molar-refractivity contribution in [1.82, 2.24) is 5.32 Å². The van der Waals surface area contributed by atoms with E-state index in [1.54, 1.807) is 0 Å². The summed E-state index contributed by atoms with van der Waals surface area (Å²) in [5.41, 5.74) is 0. The van der Waals surface area contributed by atoms with E-state index in [-0.39, 0.29) is 0 Å². The molecule has 100 valence electrons. The molecule has 2 heteroatoms. The second-order valence-electron chi connectivity index (χ2n) is 6.22. The van der Waals surface area contributed by atoms with Gasteiger partial charge in [0, 0.05) is 17.0 Å². The van der Waals surface area contributed by atoms with Crippen LogP contribution < -0.4 is 5.32 Å². The molecule has 4 atom stereocenters. The summed E-state index contributed by atoms with van der Waals surface area (Å²) in [6, 6.07) is 5.72. The third kappa shape index (κ3) is 2.80. The highest BCUT2D eigenvalue weighted by Gasteiger charge is 2.32. The first-order valence-corrected chi connectivity index (χ1v) is 8.50. The zero-order valence-corrected chi connectivity index (χ0v) is 12.2. The summed E-state index contributed by atoms with van der Waals surface area (Å²) in [7, 11) is 0. The van der Waals surface area contributed by atoms with Gasteiger partial charge in [0.2, 0.25) is 0 Å². The van der Waals surface area contributed by atoms with Gasteiger partial charge in [-0.1, -0.05) is 31.7 Å². The predicted molar refractivity (Wildman–Crippen MR) is 79.0 cm³/mol. The van der Waals surface area contributed by atoms with E-state index < -0.39 is 0 Å². The molecule has 0 aliphatic heterocycles. The molecular weight excluding hydrogens is 238 g/mol. The smallest absolute Gasteiger partial charge is 0.0388 e. The Kier molecular flexibility index (Phi) is 4.05. The highest BCUT2D eigenvalue weighted by molar-refractivity contribution is 7.10. The molecule has 0 bridgehead atoms.